The van der Waals surface area contributed by atoms with Gasteiger partial charge in [0.1, 0.15) is 5.75 Å². The van der Waals surface area contributed by atoms with Crippen molar-refractivity contribution >= 4 is 0 Å². The summed E-state index contributed by atoms with van der Waals surface area (Å²) < 4.78 is 5.93. The van der Waals surface area contributed by atoms with Gasteiger partial charge in [-0.25, -0.2) is 0 Å². The van der Waals surface area contributed by atoms with Gasteiger partial charge in [-0.1, -0.05) is 12.1 Å². The lowest BCUT2D eigenvalue weighted by molar-refractivity contribution is 0.119. The van der Waals surface area contributed by atoms with Gasteiger partial charge in [0, 0.05) is 6.54 Å². The molecule has 1 fully saturated rings. The number of aryl methyl sites for hydroxylation is 1. The molecule has 1 aromatic rings. The molecule has 88 valence electrons. The Kier molecular flexibility index (Phi) is 3.49. The first-order valence-electron chi connectivity index (χ1n) is 6.06. The smallest absolute Gasteiger partial charge is 0.122 e. The zero-order valence-electron chi connectivity index (χ0n) is 10.5. The minimum Gasteiger partial charge on any atom is -0.490 e. The molecule has 0 radical (unpaired) electrons. The normalized spacial score (nSPS) is 16.2. The van der Waals surface area contributed by atoms with E-state index in [4.69, 9.17) is 4.74 Å². The monoisotopic (exact) mass is 219 g/mol. The van der Waals surface area contributed by atoms with Crippen LogP contribution in [0.5, 0.6) is 5.75 Å². The first-order chi connectivity index (χ1) is 7.65. The summed E-state index contributed by atoms with van der Waals surface area (Å²) in [5, 5.41) is 0. The van der Waals surface area contributed by atoms with E-state index in [0.717, 1.165) is 12.3 Å². The van der Waals surface area contributed by atoms with Crippen LogP contribution in [-0.2, 0) is 6.54 Å². The summed E-state index contributed by atoms with van der Waals surface area (Å²) in [6.07, 6.45) is 4.23. The fourth-order valence-corrected chi connectivity index (χ4v) is 1.98. The summed E-state index contributed by atoms with van der Waals surface area (Å²) >= 11 is 0. The Hall–Kier alpha value is -1.02. The van der Waals surface area contributed by atoms with Gasteiger partial charge < -0.3 is 9.64 Å². The average Bonchev–Trinajstić information content (AvgIpc) is 2.12. The van der Waals surface area contributed by atoms with Gasteiger partial charge in [0.05, 0.1) is 6.10 Å². The maximum Gasteiger partial charge on any atom is 0.122 e. The maximum absolute atomic E-state index is 5.93. The van der Waals surface area contributed by atoms with E-state index in [1.807, 2.05) is 0 Å². The molecule has 0 spiro atoms. The van der Waals surface area contributed by atoms with Crippen LogP contribution in [0.4, 0.5) is 0 Å². The first kappa shape index (κ1) is 11.5. The third kappa shape index (κ3) is 2.76. The largest absolute Gasteiger partial charge is 0.490 e. The number of hydrogen-bond acceptors (Lipinski definition) is 2. The van der Waals surface area contributed by atoms with Gasteiger partial charge in [0.2, 0.25) is 0 Å². The molecular formula is C14H21NO. The molecule has 0 amide bonds. The minimum atomic E-state index is 0.471. The highest BCUT2D eigenvalue weighted by Gasteiger charge is 2.19. The highest BCUT2D eigenvalue weighted by atomic mass is 16.5. The Labute approximate surface area is 98.2 Å². The molecule has 1 saturated carbocycles. The van der Waals surface area contributed by atoms with E-state index in [0.29, 0.717) is 6.10 Å². The molecule has 0 bridgehead atoms. The lowest BCUT2D eigenvalue weighted by Gasteiger charge is -2.27. The molecule has 0 aromatic heterocycles. The molecule has 2 heteroatoms. The number of rotatable bonds is 4. The molecule has 1 aromatic carbocycles. The van der Waals surface area contributed by atoms with E-state index in [1.165, 1.54) is 30.4 Å². The van der Waals surface area contributed by atoms with E-state index in [2.05, 4.69) is 44.1 Å². The second kappa shape index (κ2) is 4.88. The van der Waals surface area contributed by atoms with E-state index < -0.39 is 0 Å². The van der Waals surface area contributed by atoms with Crippen LogP contribution in [0.3, 0.4) is 0 Å². The predicted octanol–water partition coefficient (Wildman–Crippen LogP) is 2.99. The first-order valence-corrected chi connectivity index (χ1v) is 6.06. The summed E-state index contributed by atoms with van der Waals surface area (Å²) in [4.78, 5) is 2.18. The Bertz CT molecular complexity index is 356. The lowest BCUT2D eigenvalue weighted by atomic mass is 9.96. The second-order valence-electron chi connectivity index (χ2n) is 5.01. The predicted molar refractivity (Wildman–Crippen MR) is 66.8 cm³/mol. The van der Waals surface area contributed by atoms with Gasteiger partial charge in [0.25, 0.3) is 0 Å². The summed E-state index contributed by atoms with van der Waals surface area (Å²) in [5.74, 6) is 1.06. The average molecular weight is 219 g/mol. The SMILES string of the molecule is Cc1cc(CN(C)C)ccc1OC1CCC1. The van der Waals surface area contributed by atoms with E-state index in [9.17, 15) is 0 Å². The number of benzene rings is 1. The summed E-state index contributed by atoms with van der Waals surface area (Å²) in [5.41, 5.74) is 2.61. The zero-order valence-corrected chi connectivity index (χ0v) is 10.5. The molecule has 0 aliphatic heterocycles. The molecule has 16 heavy (non-hydrogen) atoms. The molecular weight excluding hydrogens is 198 g/mol. The topological polar surface area (TPSA) is 12.5 Å². The number of ether oxygens (including phenoxy) is 1. The van der Waals surface area contributed by atoms with Crippen molar-refractivity contribution in [2.24, 2.45) is 0 Å². The zero-order chi connectivity index (χ0) is 11.5. The van der Waals surface area contributed by atoms with Crippen molar-refractivity contribution in [3.8, 4) is 5.75 Å². The van der Waals surface area contributed by atoms with Crippen LogP contribution in [0.1, 0.15) is 30.4 Å². The van der Waals surface area contributed by atoms with E-state index in [1.54, 1.807) is 0 Å². The van der Waals surface area contributed by atoms with Gasteiger partial charge in [-0.05, 0) is 57.5 Å². The Morgan fingerprint density at radius 2 is 2.06 bits per heavy atom. The van der Waals surface area contributed by atoms with Crippen LogP contribution >= 0.6 is 0 Å². The van der Waals surface area contributed by atoms with Crippen molar-refractivity contribution in [3.05, 3.63) is 29.3 Å². The van der Waals surface area contributed by atoms with Gasteiger partial charge >= 0.3 is 0 Å². The van der Waals surface area contributed by atoms with Crippen LogP contribution in [0.25, 0.3) is 0 Å². The summed E-state index contributed by atoms with van der Waals surface area (Å²) in [6, 6.07) is 6.52. The van der Waals surface area contributed by atoms with Crippen molar-refractivity contribution in [3.63, 3.8) is 0 Å². The lowest BCUT2D eigenvalue weighted by Crippen LogP contribution is -2.24. The van der Waals surface area contributed by atoms with E-state index in [-0.39, 0.29) is 0 Å². The molecule has 2 rings (SSSR count). The fraction of sp³-hybridized carbons (Fsp3) is 0.571. The molecule has 2 nitrogen and oxygen atoms in total. The standard InChI is InChI=1S/C14H21NO/c1-11-9-12(10-15(2)3)7-8-14(11)16-13-5-4-6-13/h7-9,13H,4-6,10H2,1-3H3. The molecule has 1 aliphatic rings. The van der Waals surface area contributed by atoms with Crippen molar-refractivity contribution in [1.29, 1.82) is 0 Å². The van der Waals surface area contributed by atoms with Crippen molar-refractivity contribution in [1.82, 2.24) is 4.90 Å². The van der Waals surface area contributed by atoms with Gasteiger partial charge in [-0.2, -0.15) is 0 Å². The molecule has 0 unspecified atom stereocenters. The van der Waals surface area contributed by atoms with Gasteiger partial charge in [-0.15, -0.1) is 0 Å². The fourth-order valence-electron chi connectivity index (χ4n) is 1.98. The Morgan fingerprint density at radius 3 is 2.56 bits per heavy atom. The maximum atomic E-state index is 5.93. The van der Waals surface area contributed by atoms with Crippen molar-refractivity contribution in [2.75, 3.05) is 14.1 Å². The van der Waals surface area contributed by atoms with Crippen LogP contribution in [0.2, 0.25) is 0 Å². The van der Waals surface area contributed by atoms with Crippen molar-refractivity contribution < 1.29 is 4.74 Å². The third-order valence-electron chi connectivity index (χ3n) is 3.08. The van der Waals surface area contributed by atoms with Crippen LogP contribution in [-0.4, -0.2) is 25.1 Å². The highest BCUT2D eigenvalue weighted by Crippen LogP contribution is 2.27. The number of nitrogens with zero attached hydrogens (tertiary/aromatic N) is 1. The Morgan fingerprint density at radius 1 is 1.31 bits per heavy atom. The third-order valence-corrected chi connectivity index (χ3v) is 3.08. The van der Waals surface area contributed by atoms with Crippen LogP contribution in [0, 0.1) is 6.92 Å². The van der Waals surface area contributed by atoms with Crippen molar-refractivity contribution in [2.45, 2.75) is 38.8 Å². The molecule has 1 aliphatic carbocycles. The molecule has 0 saturated heterocycles. The van der Waals surface area contributed by atoms with Crippen LogP contribution < -0.4 is 4.74 Å². The molecule has 0 heterocycles. The second-order valence-corrected chi connectivity index (χ2v) is 5.01. The Balaban J connectivity index is 2.03. The van der Waals surface area contributed by atoms with Gasteiger partial charge in [0.15, 0.2) is 0 Å². The summed E-state index contributed by atoms with van der Waals surface area (Å²) in [7, 11) is 4.18. The minimum absolute atomic E-state index is 0.471. The molecule has 0 atom stereocenters. The van der Waals surface area contributed by atoms with Crippen LogP contribution in [0.15, 0.2) is 18.2 Å². The summed E-state index contributed by atoms with van der Waals surface area (Å²) in [6.45, 7) is 3.12. The quantitative estimate of drug-likeness (QED) is 0.772. The van der Waals surface area contributed by atoms with E-state index >= 15 is 0 Å². The highest BCUT2D eigenvalue weighted by molar-refractivity contribution is 5.36. The number of hydrogen-bond donors (Lipinski definition) is 0. The molecule has 0 N–H and O–H groups in total. The van der Waals surface area contributed by atoms with Gasteiger partial charge in [-0.3, -0.25) is 0 Å².